The number of carbonyl (C=O) groups excluding carboxylic acids is 1. The number of amides is 1. The van der Waals surface area contributed by atoms with E-state index in [9.17, 15) is 4.79 Å². The van der Waals surface area contributed by atoms with Crippen molar-refractivity contribution in [2.24, 2.45) is 5.73 Å². The van der Waals surface area contributed by atoms with Crippen molar-refractivity contribution < 1.29 is 9.28 Å². The van der Waals surface area contributed by atoms with Gasteiger partial charge in [-0.3, -0.25) is 4.79 Å². The SMILES string of the molecule is C=C(C)C(=O)NCCCN.CCCCCCCCCCCCCCCC[N+](C)(C)Cc1ccccc1. The summed E-state index contributed by atoms with van der Waals surface area (Å²) in [5.41, 5.74) is 7.22. The summed E-state index contributed by atoms with van der Waals surface area (Å²) in [7, 11) is 4.74. The average Bonchev–Trinajstić information content (AvgIpc) is 2.85. The average molecular weight is 503 g/mol. The van der Waals surface area contributed by atoms with Crippen molar-refractivity contribution >= 4 is 5.91 Å². The number of rotatable bonds is 21. The molecule has 4 nitrogen and oxygen atoms in total. The van der Waals surface area contributed by atoms with Crippen LogP contribution in [-0.4, -0.2) is 44.1 Å². The first-order valence-corrected chi connectivity index (χ1v) is 14.8. The Hall–Kier alpha value is -1.65. The Bertz CT molecular complexity index is 642. The van der Waals surface area contributed by atoms with E-state index in [4.69, 9.17) is 5.73 Å². The van der Waals surface area contributed by atoms with Gasteiger partial charge in [-0.15, -0.1) is 0 Å². The third-order valence-corrected chi connectivity index (χ3v) is 6.62. The largest absolute Gasteiger partial charge is 0.352 e. The summed E-state index contributed by atoms with van der Waals surface area (Å²) in [5, 5.41) is 2.66. The molecule has 0 aliphatic heterocycles. The molecule has 0 aliphatic carbocycles. The lowest BCUT2D eigenvalue weighted by Crippen LogP contribution is -2.39. The van der Waals surface area contributed by atoms with Crippen molar-refractivity contribution in [1.29, 1.82) is 0 Å². The first-order chi connectivity index (χ1) is 17.3. The smallest absolute Gasteiger partial charge is 0.246 e. The molecule has 1 aromatic carbocycles. The van der Waals surface area contributed by atoms with Crippen molar-refractivity contribution in [3.8, 4) is 0 Å². The Labute approximate surface area is 224 Å². The van der Waals surface area contributed by atoms with Crippen LogP contribution in [0.1, 0.15) is 116 Å². The number of hydrogen-bond acceptors (Lipinski definition) is 2. The van der Waals surface area contributed by atoms with Crippen LogP contribution in [0.25, 0.3) is 0 Å². The number of carbonyl (C=O) groups is 1. The summed E-state index contributed by atoms with van der Waals surface area (Å²) in [4.78, 5) is 10.8. The highest BCUT2D eigenvalue weighted by Gasteiger charge is 2.14. The van der Waals surface area contributed by atoms with Gasteiger partial charge < -0.3 is 15.5 Å². The maximum absolute atomic E-state index is 10.8. The quantitative estimate of drug-likeness (QED) is 0.102. The Kier molecular flexibility index (Phi) is 22.6. The van der Waals surface area contributed by atoms with Crippen LogP contribution >= 0.6 is 0 Å². The number of nitrogens with two attached hydrogens (primary N) is 1. The molecular weight excluding hydrogens is 442 g/mol. The van der Waals surface area contributed by atoms with Gasteiger partial charge in [0.1, 0.15) is 6.54 Å². The summed E-state index contributed by atoms with van der Waals surface area (Å²) in [5.74, 6) is -0.0894. The maximum Gasteiger partial charge on any atom is 0.246 e. The molecule has 0 radical (unpaired) electrons. The molecule has 0 atom stereocenters. The molecule has 0 fully saturated rings. The van der Waals surface area contributed by atoms with Gasteiger partial charge in [-0.1, -0.05) is 121 Å². The number of nitrogens with zero attached hydrogens (tertiary/aromatic N) is 1. The third kappa shape index (κ3) is 22.8. The minimum Gasteiger partial charge on any atom is -0.352 e. The zero-order chi connectivity index (χ0) is 26.9. The molecule has 1 amide bonds. The highest BCUT2D eigenvalue weighted by Crippen LogP contribution is 2.15. The molecule has 0 bridgehead atoms. The molecule has 0 unspecified atom stereocenters. The van der Waals surface area contributed by atoms with Crippen molar-refractivity contribution in [2.45, 2.75) is 117 Å². The summed E-state index contributed by atoms with van der Waals surface area (Å²) < 4.78 is 1.11. The number of quaternary nitrogens is 1. The number of unbranched alkanes of at least 4 members (excludes halogenated alkanes) is 13. The van der Waals surface area contributed by atoms with Gasteiger partial charge in [-0.25, -0.2) is 0 Å². The second-order valence-electron chi connectivity index (χ2n) is 11.1. The minimum atomic E-state index is -0.0894. The van der Waals surface area contributed by atoms with E-state index >= 15 is 0 Å². The Balaban J connectivity index is 0.00000103. The first kappa shape index (κ1) is 34.4. The van der Waals surface area contributed by atoms with E-state index in [2.05, 4.69) is 63.2 Å². The lowest BCUT2D eigenvalue weighted by molar-refractivity contribution is -0.903. The molecule has 0 spiro atoms. The van der Waals surface area contributed by atoms with Crippen molar-refractivity contribution in [3.05, 3.63) is 48.0 Å². The number of hydrogen-bond donors (Lipinski definition) is 2. The topological polar surface area (TPSA) is 55.1 Å². The molecule has 1 aromatic rings. The molecule has 0 heterocycles. The van der Waals surface area contributed by atoms with Crippen LogP contribution in [0.4, 0.5) is 0 Å². The molecule has 36 heavy (non-hydrogen) atoms. The van der Waals surface area contributed by atoms with Crippen LogP contribution in [0.15, 0.2) is 42.5 Å². The second kappa shape index (κ2) is 23.7. The molecule has 4 heteroatoms. The van der Waals surface area contributed by atoms with Gasteiger partial charge in [-0.05, 0) is 32.7 Å². The van der Waals surface area contributed by atoms with Crippen LogP contribution in [-0.2, 0) is 11.3 Å². The minimum absolute atomic E-state index is 0.0894. The monoisotopic (exact) mass is 502 g/mol. The zero-order valence-electron chi connectivity index (χ0n) is 24.5. The van der Waals surface area contributed by atoms with E-state index in [1.807, 2.05) is 0 Å². The molecule has 3 N–H and O–H groups in total. The van der Waals surface area contributed by atoms with Gasteiger partial charge in [0.15, 0.2) is 0 Å². The molecule has 208 valence electrons. The van der Waals surface area contributed by atoms with E-state index in [-0.39, 0.29) is 5.91 Å². The van der Waals surface area contributed by atoms with E-state index in [0.717, 1.165) is 17.4 Å². The van der Waals surface area contributed by atoms with E-state index < -0.39 is 0 Å². The summed E-state index contributed by atoms with van der Waals surface area (Å²) >= 11 is 0. The fourth-order valence-electron chi connectivity index (χ4n) is 4.35. The highest BCUT2D eigenvalue weighted by molar-refractivity contribution is 5.91. The van der Waals surface area contributed by atoms with Gasteiger partial charge in [-0.2, -0.15) is 0 Å². The van der Waals surface area contributed by atoms with Gasteiger partial charge in [0.2, 0.25) is 5.91 Å². The lowest BCUT2D eigenvalue weighted by Gasteiger charge is -2.30. The summed E-state index contributed by atoms with van der Waals surface area (Å²) in [6.45, 7) is 11.2. The van der Waals surface area contributed by atoms with Crippen LogP contribution in [0.2, 0.25) is 0 Å². The lowest BCUT2D eigenvalue weighted by atomic mass is 10.0. The van der Waals surface area contributed by atoms with E-state index in [1.165, 1.54) is 102 Å². The number of nitrogens with one attached hydrogen (secondary N) is 1. The van der Waals surface area contributed by atoms with E-state index in [1.54, 1.807) is 6.92 Å². The predicted octanol–water partition coefficient (Wildman–Crippen LogP) is 7.77. The fourth-order valence-corrected chi connectivity index (χ4v) is 4.35. The molecule has 1 rings (SSSR count). The Morgan fingerprint density at radius 3 is 1.72 bits per heavy atom. The van der Waals surface area contributed by atoms with Crippen LogP contribution < -0.4 is 11.1 Å². The van der Waals surface area contributed by atoms with Crippen LogP contribution in [0.3, 0.4) is 0 Å². The molecule has 0 saturated heterocycles. The number of benzene rings is 1. The van der Waals surface area contributed by atoms with E-state index in [0.29, 0.717) is 18.7 Å². The van der Waals surface area contributed by atoms with Crippen LogP contribution in [0, 0.1) is 0 Å². The van der Waals surface area contributed by atoms with Crippen molar-refractivity contribution in [2.75, 3.05) is 33.7 Å². The van der Waals surface area contributed by atoms with Crippen molar-refractivity contribution in [1.82, 2.24) is 5.32 Å². The van der Waals surface area contributed by atoms with Crippen LogP contribution in [0.5, 0.6) is 0 Å². The Morgan fingerprint density at radius 1 is 0.806 bits per heavy atom. The molecule has 0 saturated carbocycles. The van der Waals surface area contributed by atoms with Gasteiger partial charge in [0, 0.05) is 17.7 Å². The maximum atomic E-state index is 10.8. The molecular formula is C32H60N3O+. The summed E-state index contributed by atoms with van der Waals surface area (Å²) in [6.07, 6.45) is 21.0. The predicted molar refractivity (Wildman–Crippen MR) is 159 cm³/mol. The first-order valence-electron chi connectivity index (χ1n) is 14.8. The van der Waals surface area contributed by atoms with Crippen molar-refractivity contribution in [3.63, 3.8) is 0 Å². The highest BCUT2D eigenvalue weighted by atomic mass is 16.1. The Morgan fingerprint density at radius 2 is 1.28 bits per heavy atom. The van der Waals surface area contributed by atoms with Gasteiger partial charge >= 0.3 is 0 Å². The molecule has 0 aliphatic rings. The fraction of sp³-hybridized carbons (Fsp3) is 0.719. The molecule has 0 aromatic heterocycles. The van der Waals surface area contributed by atoms with Gasteiger partial charge in [0.25, 0.3) is 0 Å². The summed E-state index contributed by atoms with van der Waals surface area (Å²) in [6, 6.07) is 10.9. The van der Waals surface area contributed by atoms with Gasteiger partial charge in [0.05, 0.1) is 20.6 Å². The second-order valence-corrected chi connectivity index (χ2v) is 11.1. The normalized spacial score (nSPS) is 11.0. The third-order valence-electron chi connectivity index (χ3n) is 6.62. The zero-order valence-corrected chi connectivity index (χ0v) is 24.5. The standard InChI is InChI=1S/C25H46N.C7H14N2O/c1-4-5-6-7-8-9-10-11-12-13-14-15-16-20-23-26(2,3)24-25-21-18-17-19-22-25;1-6(2)7(10)9-5-3-4-8/h17-19,21-22H,4-16,20,23-24H2,1-3H3;1,3-5,8H2,2H3,(H,9,10)/q+1;.